The lowest BCUT2D eigenvalue weighted by Crippen LogP contribution is -2.26. The minimum atomic E-state index is -0.440. The number of hydrogen-bond acceptors (Lipinski definition) is 3. The molecule has 0 amide bonds. The first-order valence-electron chi connectivity index (χ1n) is 5.25. The Labute approximate surface area is 109 Å². The van der Waals surface area contributed by atoms with Crippen LogP contribution in [0.4, 0.5) is 0 Å². The zero-order valence-corrected chi connectivity index (χ0v) is 12.2. The molecule has 90 valence electrons. The van der Waals surface area contributed by atoms with Crippen LogP contribution in [0.25, 0.3) is 0 Å². The highest BCUT2D eigenvalue weighted by Gasteiger charge is 2.17. The van der Waals surface area contributed by atoms with Crippen LogP contribution in [0, 0.1) is 3.57 Å². The van der Waals surface area contributed by atoms with Gasteiger partial charge >= 0.3 is 5.97 Å². The summed E-state index contributed by atoms with van der Waals surface area (Å²) in [5, 5.41) is 4.31. The van der Waals surface area contributed by atoms with Crippen molar-refractivity contribution in [2.75, 3.05) is 0 Å². The van der Waals surface area contributed by atoms with Gasteiger partial charge in [-0.3, -0.25) is 9.48 Å². The smallest absolute Gasteiger partial charge is 0.328 e. The third-order valence-electron chi connectivity index (χ3n) is 1.83. The van der Waals surface area contributed by atoms with Crippen LogP contribution in [0.1, 0.15) is 33.4 Å². The van der Waals surface area contributed by atoms with Crippen molar-refractivity contribution < 1.29 is 9.53 Å². The highest BCUT2D eigenvalue weighted by Crippen LogP contribution is 2.12. The van der Waals surface area contributed by atoms with Gasteiger partial charge in [0.25, 0.3) is 0 Å². The first-order chi connectivity index (χ1) is 7.31. The molecule has 0 saturated carbocycles. The lowest BCUT2D eigenvalue weighted by Gasteiger charge is -2.19. The number of aryl methyl sites for hydroxylation is 1. The molecule has 5 heteroatoms. The molecule has 0 N–H and O–H groups in total. The number of halogens is 1. The number of esters is 1. The van der Waals surface area contributed by atoms with Crippen molar-refractivity contribution in [1.82, 2.24) is 9.78 Å². The summed E-state index contributed by atoms with van der Waals surface area (Å²) in [5.41, 5.74) is 0.578. The van der Waals surface area contributed by atoms with E-state index in [9.17, 15) is 4.79 Å². The van der Waals surface area contributed by atoms with E-state index in [0.29, 0.717) is 0 Å². The van der Waals surface area contributed by atoms with Crippen molar-refractivity contribution >= 4 is 28.6 Å². The van der Waals surface area contributed by atoms with E-state index < -0.39 is 5.60 Å². The third-order valence-corrected chi connectivity index (χ3v) is 2.73. The van der Waals surface area contributed by atoms with Gasteiger partial charge in [-0.05, 0) is 49.8 Å². The normalized spacial score (nSPS) is 11.6. The van der Waals surface area contributed by atoms with E-state index >= 15 is 0 Å². The number of ether oxygens (including phenoxy) is 1. The monoisotopic (exact) mass is 336 g/mol. The fourth-order valence-electron chi connectivity index (χ4n) is 1.26. The average molecular weight is 336 g/mol. The van der Waals surface area contributed by atoms with E-state index in [1.54, 1.807) is 4.68 Å². The van der Waals surface area contributed by atoms with Gasteiger partial charge in [0.05, 0.1) is 9.26 Å². The maximum absolute atomic E-state index is 11.6. The largest absolute Gasteiger partial charge is 0.459 e. The van der Waals surface area contributed by atoms with Gasteiger partial charge in [0.1, 0.15) is 12.1 Å². The Morgan fingerprint density at radius 3 is 2.62 bits per heavy atom. The molecule has 1 heterocycles. The van der Waals surface area contributed by atoms with Gasteiger partial charge in [0.15, 0.2) is 0 Å². The molecule has 1 aromatic rings. The number of carbonyl (C=O) groups excluding carboxylic acids is 1. The summed E-state index contributed by atoms with van der Waals surface area (Å²) in [5.74, 6) is -0.256. The Hall–Kier alpha value is -0.590. The lowest BCUT2D eigenvalue weighted by molar-refractivity contribution is -0.155. The molecule has 0 radical (unpaired) electrons. The Kier molecular flexibility index (Phi) is 4.35. The van der Waals surface area contributed by atoms with Gasteiger partial charge in [-0.1, -0.05) is 6.92 Å². The molecule has 0 aliphatic carbocycles. The summed E-state index contributed by atoms with van der Waals surface area (Å²) in [6, 6.07) is 0. The van der Waals surface area contributed by atoms with Crippen molar-refractivity contribution in [1.29, 1.82) is 0 Å². The average Bonchev–Trinajstić information content (AvgIpc) is 2.42. The Morgan fingerprint density at radius 1 is 1.56 bits per heavy atom. The number of nitrogens with zero attached hydrogens (tertiary/aromatic N) is 2. The van der Waals surface area contributed by atoms with Gasteiger partial charge in [0, 0.05) is 6.20 Å². The fraction of sp³-hybridized carbons (Fsp3) is 0.636. The molecule has 0 spiro atoms. The van der Waals surface area contributed by atoms with Crippen LogP contribution in [0.5, 0.6) is 0 Å². The predicted octanol–water partition coefficient (Wildman–Crippen LogP) is 2.39. The Bertz CT molecular complexity index is 380. The number of hydrogen-bond donors (Lipinski definition) is 0. The summed E-state index contributed by atoms with van der Waals surface area (Å²) >= 11 is 2.22. The molecule has 0 saturated heterocycles. The van der Waals surface area contributed by atoms with Crippen LogP contribution in [0.2, 0.25) is 0 Å². The van der Waals surface area contributed by atoms with Crippen molar-refractivity contribution in [3.63, 3.8) is 0 Å². The van der Waals surface area contributed by atoms with E-state index in [1.165, 1.54) is 0 Å². The molecule has 1 aromatic heterocycles. The van der Waals surface area contributed by atoms with E-state index in [-0.39, 0.29) is 12.5 Å². The van der Waals surface area contributed by atoms with Gasteiger partial charge in [-0.2, -0.15) is 5.10 Å². The molecule has 16 heavy (non-hydrogen) atoms. The van der Waals surface area contributed by atoms with Crippen molar-refractivity contribution in [3.05, 3.63) is 15.5 Å². The summed E-state index contributed by atoms with van der Waals surface area (Å²) in [6.07, 6.45) is 2.74. The van der Waals surface area contributed by atoms with E-state index in [0.717, 1.165) is 15.7 Å². The molecule has 1 rings (SSSR count). The second-order valence-electron chi connectivity index (χ2n) is 4.56. The standard InChI is InChI=1S/C11H17IN2O2/c1-5-9-8(12)6-14(13-9)7-10(15)16-11(2,3)4/h6H,5,7H2,1-4H3. The molecule has 0 aromatic carbocycles. The second kappa shape index (κ2) is 5.16. The summed E-state index contributed by atoms with van der Waals surface area (Å²) in [7, 11) is 0. The minimum absolute atomic E-state index is 0.174. The minimum Gasteiger partial charge on any atom is -0.459 e. The molecule has 0 aliphatic heterocycles. The fourth-order valence-corrected chi connectivity index (χ4v) is 2.07. The third kappa shape index (κ3) is 4.11. The molecule has 0 bridgehead atoms. The summed E-state index contributed by atoms with van der Waals surface area (Å²) < 4.78 is 7.94. The van der Waals surface area contributed by atoms with Crippen molar-refractivity contribution in [2.24, 2.45) is 0 Å². The van der Waals surface area contributed by atoms with E-state index in [4.69, 9.17) is 4.74 Å². The van der Waals surface area contributed by atoms with Crippen molar-refractivity contribution in [3.8, 4) is 0 Å². The van der Waals surface area contributed by atoms with Crippen LogP contribution in [0.3, 0.4) is 0 Å². The Morgan fingerprint density at radius 2 is 2.19 bits per heavy atom. The predicted molar refractivity (Wildman–Crippen MR) is 70.2 cm³/mol. The highest BCUT2D eigenvalue weighted by molar-refractivity contribution is 14.1. The zero-order chi connectivity index (χ0) is 12.3. The SMILES string of the molecule is CCc1nn(CC(=O)OC(C)(C)C)cc1I. The van der Waals surface area contributed by atoms with Gasteiger partial charge in [0.2, 0.25) is 0 Å². The topological polar surface area (TPSA) is 44.1 Å². The molecule has 4 nitrogen and oxygen atoms in total. The highest BCUT2D eigenvalue weighted by atomic mass is 127. The number of rotatable bonds is 3. The van der Waals surface area contributed by atoms with Gasteiger partial charge < -0.3 is 4.74 Å². The quantitative estimate of drug-likeness (QED) is 0.629. The Balaban J connectivity index is 2.63. The first kappa shape index (κ1) is 13.5. The van der Waals surface area contributed by atoms with Crippen LogP contribution in [-0.2, 0) is 22.5 Å². The van der Waals surface area contributed by atoms with Crippen LogP contribution in [0.15, 0.2) is 6.20 Å². The van der Waals surface area contributed by atoms with Gasteiger partial charge in [-0.15, -0.1) is 0 Å². The summed E-state index contributed by atoms with van der Waals surface area (Å²) in [4.78, 5) is 11.6. The molecular formula is C11H17IN2O2. The molecule has 0 unspecified atom stereocenters. The van der Waals surface area contributed by atoms with Gasteiger partial charge in [-0.25, -0.2) is 0 Å². The second-order valence-corrected chi connectivity index (χ2v) is 5.72. The maximum atomic E-state index is 11.6. The van der Waals surface area contributed by atoms with Crippen LogP contribution in [-0.4, -0.2) is 21.4 Å². The lowest BCUT2D eigenvalue weighted by atomic mass is 10.2. The van der Waals surface area contributed by atoms with Crippen LogP contribution < -0.4 is 0 Å². The first-order valence-corrected chi connectivity index (χ1v) is 6.33. The molecule has 0 aliphatic rings. The van der Waals surface area contributed by atoms with Crippen LogP contribution >= 0.6 is 22.6 Å². The van der Waals surface area contributed by atoms with E-state index in [1.807, 2.05) is 33.9 Å². The maximum Gasteiger partial charge on any atom is 0.328 e. The zero-order valence-electron chi connectivity index (χ0n) is 10.1. The van der Waals surface area contributed by atoms with E-state index in [2.05, 4.69) is 27.7 Å². The molecule has 0 fully saturated rings. The number of aromatic nitrogens is 2. The number of carbonyl (C=O) groups is 1. The molecular weight excluding hydrogens is 319 g/mol. The summed E-state index contributed by atoms with van der Waals surface area (Å²) in [6.45, 7) is 7.79. The molecule has 0 atom stereocenters. The van der Waals surface area contributed by atoms with Crippen molar-refractivity contribution in [2.45, 2.75) is 46.3 Å².